The first-order chi connectivity index (χ1) is 9.15. The Hall–Kier alpha value is -1.16. The maximum absolute atomic E-state index is 6.04. The van der Waals surface area contributed by atoms with Gasteiger partial charge < -0.3 is 14.5 Å². The molecule has 0 aliphatic carbocycles. The molecule has 0 aliphatic rings. The van der Waals surface area contributed by atoms with Gasteiger partial charge in [0, 0.05) is 11.6 Å². The molecule has 1 aromatic carbocycles. The Bertz CT molecular complexity index is 514. The van der Waals surface area contributed by atoms with Crippen LogP contribution in [0, 0.1) is 0 Å². The Morgan fingerprint density at radius 2 is 2.16 bits per heavy atom. The zero-order chi connectivity index (χ0) is 13.7. The summed E-state index contributed by atoms with van der Waals surface area (Å²) in [5, 5.41) is 4.37. The molecule has 0 radical (unpaired) electrons. The van der Waals surface area contributed by atoms with Gasteiger partial charge >= 0.3 is 0 Å². The van der Waals surface area contributed by atoms with Gasteiger partial charge in [-0.15, -0.1) is 0 Å². The van der Waals surface area contributed by atoms with Crippen molar-refractivity contribution in [3.8, 4) is 5.75 Å². The highest BCUT2D eigenvalue weighted by Crippen LogP contribution is 2.28. The molecule has 19 heavy (non-hydrogen) atoms. The molecule has 3 nitrogen and oxygen atoms in total. The van der Waals surface area contributed by atoms with Gasteiger partial charge in [0.15, 0.2) is 0 Å². The monoisotopic (exact) mass is 299 g/mol. The van der Waals surface area contributed by atoms with Gasteiger partial charge in [0.2, 0.25) is 0 Å². The second-order valence-electron chi connectivity index (χ2n) is 4.21. The maximum Gasteiger partial charge on any atom is 0.138 e. The summed E-state index contributed by atoms with van der Waals surface area (Å²) in [7, 11) is 0. The van der Waals surface area contributed by atoms with E-state index in [9.17, 15) is 0 Å². The summed E-state index contributed by atoms with van der Waals surface area (Å²) in [4.78, 5) is 0. The van der Waals surface area contributed by atoms with Crippen LogP contribution in [0.3, 0.4) is 0 Å². The zero-order valence-electron chi connectivity index (χ0n) is 10.5. The van der Waals surface area contributed by atoms with Crippen molar-refractivity contribution >= 4 is 23.2 Å². The van der Waals surface area contributed by atoms with Gasteiger partial charge in [-0.25, -0.2) is 0 Å². The molecule has 0 bridgehead atoms. The first kappa shape index (κ1) is 14.3. The van der Waals surface area contributed by atoms with E-state index in [1.165, 1.54) is 0 Å². The van der Waals surface area contributed by atoms with Crippen molar-refractivity contribution in [2.24, 2.45) is 0 Å². The first-order valence-corrected chi connectivity index (χ1v) is 6.75. The van der Waals surface area contributed by atoms with Gasteiger partial charge in [-0.3, -0.25) is 0 Å². The standard InChI is InChI=1S/C14H15Cl2NO2/c1-10(8-17-9-12-3-2-6-18-12)19-14-5-4-11(15)7-13(14)16/h2-7,10,17H,8-9H2,1H3. The van der Waals surface area contributed by atoms with E-state index in [0.29, 0.717) is 28.9 Å². The minimum atomic E-state index is -0.00589. The van der Waals surface area contributed by atoms with Crippen molar-refractivity contribution in [2.75, 3.05) is 6.54 Å². The molecule has 1 aromatic heterocycles. The fourth-order valence-corrected chi connectivity index (χ4v) is 2.09. The lowest BCUT2D eigenvalue weighted by Gasteiger charge is -2.16. The summed E-state index contributed by atoms with van der Waals surface area (Å²) >= 11 is 11.9. The molecular weight excluding hydrogens is 285 g/mol. The molecule has 0 fully saturated rings. The van der Waals surface area contributed by atoms with Crippen molar-refractivity contribution < 1.29 is 9.15 Å². The summed E-state index contributed by atoms with van der Waals surface area (Å²) < 4.78 is 11.0. The molecule has 0 aliphatic heterocycles. The molecule has 2 rings (SSSR count). The van der Waals surface area contributed by atoms with E-state index in [0.717, 1.165) is 5.76 Å². The second kappa shape index (κ2) is 6.85. The van der Waals surface area contributed by atoms with Crippen molar-refractivity contribution in [1.82, 2.24) is 5.32 Å². The number of ether oxygens (including phenoxy) is 1. The number of benzene rings is 1. The number of hydrogen-bond acceptors (Lipinski definition) is 3. The number of hydrogen-bond donors (Lipinski definition) is 1. The third-order valence-corrected chi connectivity index (χ3v) is 3.06. The zero-order valence-corrected chi connectivity index (χ0v) is 12.0. The average molecular weight is 300 g/mol. The van der Waals surface area contributed by atoms with E-state index in [-0.39, 0.29) is 6.10 Å². The molecule has 1 heterocycles. The SMILES string of the molecule is CC(CNCc1ccco1)Oc1ccc(Cl)cc1Cl. The summed E-state index contributed by atoms with van der Waals surface area (Å²) in [6.07, 6.45) is 1.65. The van der Waals surface area contributed by atoms with Gasteiger partial charge in [-0.2, -0.15) is 0 Å². The maximum atomic E-state index is 6.04. The minimum absolute atomic E-state index is 0.00589. The predicted molar refractivity (Wildman–Crippen MR) is 77.0 cm³/mol. The first-order valence-electron chi connectivity index (χ1n) is 6.00. The molecule has 2 aromatic rings. The van der Waals surface area contributed by atoms with E-state index in [1.807, 2.05) is 19.1 Å². The van der Waals surface area contributed by atoms with Gasteiger partial charge in [0.25, 0.3) is 0 Å². The normalized spacial score (nSPS) is 12.4. The smallest absolute Gasteiger partial charge is 0.138 e. The summed E-state index contributed by atoms with van der Waals surface area (Å²) in [6.45, 7) is 3.34. The quantitative estimate of drug-likeness (QED) is 0.870. The third-order valence-electron chi connectivity index (χ3n) is 2.53. The highest BCUT2D eigenvalue weighted by Gasteiger charge is 2.08. The number of furan rings is 1. The van der Waals surface area contributed by atoms with Crippen LogP contribution in [0.25, 0.3) is 0 Å². The third kappa shape index (κ3) is 4.46. The molecule has 0 amide bonds. The summed E-state index contributed by atoms with van der Waals surface area (Å²) in [5.41, 5.74) is 0. The van der Waals surface area contributed by atoms with E-state index in [4.69, 9.17) is 32.4 Å². The lowest BCUT2D eigenvalue weighted by atomic mass is 10.3. The van der Waals surface area contributed by atoms with Crippen LogP contribution >= 0.6 is 23.2 Å². The fraction of sp³-hybridized carbons (Fsp3) is 0.286. The minimum Gasteiger partial charge on any atom is -0.488 e. The van der Waals surface area contributed by atoms with Crippen LogP contribution in [0.1, 0.15) is 12.7 Å². The van der Waals surface area contributed by atoms with Crippen molar-refractivity contribution in [3.05, 3.63) is 52.4 Å². The Morgan fingerprint density at radius 3 is 2.84 bits per heavy atom. The lowest BCUT2D eigenvalue weighted by Crippen LogP contribution is -2.28. The Labute approximate surface area is 122 Å². The van der Waals surface area contributed by atoms with Crippen molar-refractivity contribution in [1.29, 1.82) is 0 Å². The molecule has 1 N–H and O–H groups in total. The highest BCUT2D eigenvalue weighted by molar-refractivity contribution is 6.35. The molecule has 0 saturated carbocycles. The van der Waals surface area contributed by atoms with E-state index in [2.05, 4.69) is 5.32 Å². The Balaban J connectivity index is 1.79. The van der Waals surface area contributed by atoms with Crippen LogP contribution in [-0.2, 0) is 6.54 Å². The summed E-state index contributed by atoms with van der Waals surface area (Å²) in [6, 6.07) is 8.99. The second-order valence-corrected chi connectivity index (χ2v) is 5.06. The van der Waals surface area contributed by atoms with Crippen molar-refractivity contribution in [3.63, 3.8) is 0 Å². The highest BCUT2D eigenvalue weighted by atomic mass is 35.5. The van der Waals surface area contributed by atoms with Crippen molar-refractivity contribution in [2.45, 2.75) is 19.6 Å². The van der Waals surface area contributed by atoms with Crippen LogP contribution in [0.2, 0.25) is 10.0 Å². The predicted octanol–water partition coefficient (Wildman–Crippen LogP) is 4.14. The van der Waals surface area contributed by atoms with Gasteiger partial charge in [-0.1, -0.05) is 23.2 Å². The fourth-order valence-electron chi connectivity index (χ4n) is 1.64. The van der Waals surface area contributed by atoms with Gasteiger partial charge in [0.05, 0.1) is 17.8 Å². The average Bonchev–Trinajstić information content (AvgIpc) is 2.86. The van der Waals surface area contributed by atoms with Gasteiger partial charge in [0.1, 0.15) is 17.6 Å². The largest absolute Gasteiger partial charge is 0.488 e. The van der Waals surface area contributed by atoms with Gasteiger partial charge in [-0.05, 0) is 37.3 Å². The van der Waals surface area contributed by atoms with Crippen LogP contribution < -0.4 is 10.1 Å². The Kier molecular flexibility index (Phi) is 5.14. The van der Waals surface area contributed by atoms with Crippen LogP contribution in [0.4, 0.5) is 0 Å². The molecule has 1 atom stereocenters. The Morgan fingerprint density at radius 1 is 1.32 bits per heavy atom. The number of nitrogens with one attached hydrogen (secondary N) is 1. The number of halogens is 2. The van der Waals surface area contributed by atoms with Crippen LogP contribution in [0.15, 0.2) is 41.0 Å². The van der Waals surface area contributed by atoms with E-state index >= 15 is 0 Å². The molecule has 1 unspecified atom stereocenters. The van der Waals surface area contributed by atoms with Crippen LogP contribution in [-0.4, -0.2) is 12.6 Å². The molecule has 5 heteroatoms. The van der Waals surface area contributed by atoms with E-state index < -0.39 is 0 Å². The molecule has 0 saturated heterocycles. The topological polar surface area (TPSA) is 34.4 Å². The van der Waals surface area contributed by atoms with E-state index in [1.54, 1.807) is 24.5 Å². The molecule has 102 valence electrons. The molecule has 0 spiro atoms. The number of rotatable bonds is 6. The molecular formula is C14H15Cl2NO2. The summed E-state index contributed by atoms with van der Waals surface area (Å²) in [5.74, 6) is 1.54. The van der Waals surface area contributed by atoms with Crippen LogP contribution in [0.5, 0.6) is 5.75 Å². The lowest BCUT2D eigenvalue weighted by molar-refractivity contribution is 0.215.